The van der Waals surface area contributed by atoms with Crippen LogP contribution in [0.3, 0.4) is 0 Å². The fourth-order valence-electron chi connectivity index (χ4n) is 8.21. The maximum absolute atomic E-state index is 12.9. The first-order valence-electron chi connectivity index (χ1n) is 32.1. The van der Waals surface area contributed by atoms with Gasteiger partial charge in [0.25, 0.3) is 0 Å². The van der Waals surface area contributed by atoms with Crippen LogP contribution in [-0.2, 0) is 28.6 Å². The van der Waals surface area contributed by atoms with Gasteiger partial charge < -0.3 is 14.2 Å². The molecule has 0 bridgehead atoms. The highest BCUT2D eigenvalue weighted by atomic mass is 16.6. The molecule has 0 aliphatic heterocycles. The van der Waals surface area contributed by atoms with Crippen molar-refractivity contribution in [2.75, 3.05) is 13.2 Å². The van der Waals surface area contributed by atoms with Gasteiger partial charge in [-0.15, -0.1) is 0 Å². The summed E-state index contributed by atoms with van der Waals surface area (Å²) < 4.78 is 16.8. The molecular weight excluding hydrogens is 985 g/mol. The van der Waals surface area contributed by atoms with Gasteiger partial charge in [0, 0.05) is 19.3 Å². The number of carbonyl (C=O) groups is 3. The summed E-state index contributed by atoms with van der Waals surface area (Å²) in [5.74, 6) is -1.03. The molecule has 6 nitrogen and oxygen atoms in total. The molecule has 0 heterocycles. The van der Waals surface area contributed by atoms with Gasteiger partial charge in [0.05, 0.1) is 0 Å². The minimum Gasteiger partial charge on any atom is -0.462 e. The van der Waals surface area contributed by atoms with Crippen LogP contribution in [0.1, 0.15) is 258 Å². The third-order valence-corrected chi connectivity index (χ3v) is 12.9. The number of esters is 3. The van der Waals surface area contributed by atoms with Crippen molar-refractivity contribution in [1.29, 1.82) is 0 Å². The van der Waals surface area contributed by atoms with Gasteiger partial charge in [-0.25, -0.2) is 0 Å². The van der Waals surface area contributed by atoms with Crippen molar-refractivity contribution in [2.45, 2.75) is 264 Å². The fraction of sp³-hybridized carbons (Fsp3) is 0.581. The molecule has 1 unspecified atom stereocenters. The van der Waals surface area contributed by atoms with E-state index < -0.39 is 6.10 Å². The Morgan fingerprint density at radius 2 is 0.512 bits per heavy atom. The first-order chi connectivity index (χ1) is 39.5. The minimum atomic E-state index is -0.827. The molecule has 0 radical (unpaired) electrons. The van der Waals surface area contributed by atoms with Crippen LogP contribution in [0.4, 0.5) is 0 Å². The van der Waals surface area contributed by atoms with Crippen LogP contribution in [0.15, 0.2) is 170 Å². The largest absolute Gasteiger partial charge is 0.462 e. The van der Waals surface area contributed by atoms with Crippen LogP contribution in [0.5, 0.6) is 0 Å². The number of rotatable bonds is 56. The first kappa shape index (κ1) is 74.8. The van der Waals surface area contributed by atoms with Crippen molar-refractivity contribution in [3.63, 3.8) is 0 Å². The molecule has 6 heteroatoms. The Bertz CT molecular complexity index is 1840. The Balaban J connectivity index is 4.41. The van der Waals surface area contributed by atoms with Gasteiger partial charge in [-0.1, -0.05) is 268 Å². The third kappa shape index (κ3) is 63.6. The van der Waals surface area contributed by atoms with E-state index in [0.29, 0.717) is 19.3 Å². The van der Waals surface area contributed by atoms with Gasteiger partial charge in [-0.3, -0.25) is 14.4 Å². The van der Waals surface area contributed by atoms with Crippen LogP contribution < -0.4 is 0 Å². The third-order valence-electron chi connectivity index (χ3n) is 12.9. The molecule has 448 valence electrons. The van der Waals surface area contributed by atoms with E-state index in [0.717, 1.165) is 141 Å². The second kappa shape index (κ2) is 66.3. The van der Waals surface area contributed by atoms with Crippen LogP contribution in [0, 0.1) is 0 Å². The molecule has 1 atom stereocenters. The molecule has 0 amide bonds. The first-order valence-corrected chi connectivity index (χ1v) is 32.1. The minimum absolute atomic E-state index is 0.119. The van der Waals surface area contributed by atoms with Gasteiger partial charge in [0.1, 0.15) is 13.2 Å². The van der Waals surface area contributed by atoms with Crippen LogP contribution in [0.2, 0.25) is 0 Å². The summed E-state index contributed by atoms with van der Waals surface area (Å²) in [5.41, 5.74) is 0. The van der Waals surface area contributed by atoms with E-state index in [1.165, 1.54) is 70.6 Å². The molecule has 0 aromatic rings. The lowest BCUT2D eigenvalue weighted by Crippen LogP contribution is -2.30. The van der Waals surface area contributed by atoms with E-state index >= 15 is 0 Å². The number of allylic oxidation sites excluding steroid dienone is 28. The zero-order valence-corrected chi connectivity index (χ0v) is 51.3. The highest BCUT2D eigenvalue weighted by molar-refractivity contribution is 5.71. The van der Waals surface area contributed by atoms with E-state index in [4.69, 9.17) is 14.2 Å². The molecule has 80 heavy (non-hydrogen) atoms. The quantitative estimate of drug-likeness (QED) is 0.0261. The topological polar surface area (TPSA) is 78.9 Å². The molecule has 0 aromatic carbocycles. The summed E-state index contributed by atoms with van der Waals surface area (Å²) in [6, 6.07) is 0. The molecule has 0 spiro atoms. The second-order valence-corrected chi connectivity index (χ2v) is 20.5. The smallest absolute Gasteiger partial charge is 0.306 e. The lowest BCUT2D eigenvalue weighted by Gasteiger charge is -2.18. The van der Waals surface area contributed by atoms with Gasteiger partial charge in [-0.05, 0) is 141 Å². The molecule has 0 saturated carbocycles. The van der Waals surface area contributed by atoms with E-state index in [2.05, 4.69) is 179 Å². The highest BCUT2D eigenvalue weighted by Gasteiger charge is 2.19. The van der Waals surface area contributed by atoms with E-state index in [9.17, 15) is 14.4 Å². The molecule has 0 N–H and O–H groups in total. The molecule has 0 rings (SSSR count). The molecule has 0 saturated heterocycles. The number of unbranched alkanes of at least 4 members (excludes halogenated alkanes) is 17. The Hall–Kier alpha value is -5.23. The lowest BCUT2D eigenvalue weighted by atomic mass is 10.1. The average Bonchev–Trinajstić information content (AvgIpc) is 3.46. The maximum atomic E-state index is 12.9. The normalized spacial score (nSPS) is 13.3. The van der Waals surface area contributed by atoms with Crippen LogP contribution in [-0.4, -0.2) is 37.2 Å². The molecule has 0 aliphatic rings. The summed E-state index contributed by atoms with van der Waals surface area (Å²) in [4.78, 5) is 38.2. The van der Waals surface area contributed by atoms with Gasteiger partial charge in [0.15, 0.2) is 6.10 Å². The zero-order valence-electron chi connectivity index (χ0n) is 51.3. The summed E-state index contributed by atoms with van der Waals surface area (Å²) >= 11 is 0. The maximum Gasteiger partial charge on any atom is 0.306 e. The van der Waals surface area contributed by atoms with Crippen molar-refractivity contribution < 1.29 is 28.6 Å². The Morgan fingerprint density at radius 1 is 0.263 bits per heavy atom. The Morgan fingerprint density at radius 3 is 0.838 bits per heavy atom. The average molecular weight is 1100 g/mol. The van der Waals surface area contributed by atoms with Crippen molar-refractivity contribution in [3.8, 4) is 0 Å². The van der Waals surface area contributed by atoms with E-state index in [-0.39, 0.29) is 37.5 Å². The summed E-state index contributed by atoms with van der Waals surface area (Å²) in [6.45, 7) is 6.30. The number of hydrogen-bond donors (Lipinski definition) is 0. The SMILES string of the molecule is CC/C=C\C/C=C\C/C=C\C/C=C\C/C=C\C/C=C\C/C=C\C/C=C\CCCCCCCCC(=O)OCC(COC(=O)CC/C=C\C/C=C\C/C=C\C/C=C\CC)OC(=O)CCCCCCCCC/C=C\C/C=C\CCCCCC. The predicted molar refractivity (Wildman–Crippen MR) is 348 cm³/mol. The number of ether oxygens (including phenoxy) is 3. The predicted octanol–water partition coefficient (Wildman–Crippen LogP) is 22.3. The van der Waals surface area contributed by atoms with Crippen molar-refractivity contribution in [1.82, 2.24) is 0 Å². The molecule has 0 aromatic heterocycles. The number of carbonyl (C=O) groups excluding carboxylic acids is 3. The highest BCUT2D eigenvalue weighted by Crippen LogP contribution is 2.14. The van der Waals surface area contributed by atoms with Crippen LogP contribution in [0.25, 0.3) is 0 Å². The van der Waals surface area contributed by atoms with E-state index in [1.807, 2.05) is 12.2 Å². The van der Waals surface area contributed by atoms with E-state index in [1.54, 1.807) is 0 Å². The monoisotopic (exact) mass is 1100 g/mol. The Kier molecular flexibility index (Phi) is 61.9. The molecule has 0 fully saturated rings. The summed E-state index contributed by atoms with van der Waals surface area (Å²) in [5, 5.41) is 0. The fourth-order valence-corrected chi connectivity index (χ4v) is 8.21. The summed E-state index contributed by atoms with van der Waals surface area (Å²) in [7, 11) is 0. The van der Waals surface area contributed by atoms with Crippen molar-refractivity contribution in [3.05, 3.63) is 170 Å². The van der Waals surface area contributed by atoms with Gasteiger partial charge in [0.2, 0.25) is 0 Å². The summed E-state index contributed by atoms with van der Waals surface area (Å²) in [6.07, 6.45) is 98.0. The molecule has 0 aliphatic carbocycles. The van der Waals surface area contributed by atoms with Crippen LogP contribution >= 0.6 is 0 Å². The Labute approximate surface area is 492 Å². The lowest BCUT2D eigenvalue weighted by molar-refractivity contribution is -0.166. The zero-order chi connectivity index (χ0) is 57.8. The van der Waals surface area contributed by atoms with Crippen molar-refractivity contribution >= 4 is 17.9 Å². The van der Waals surface area contributed by atoms with Gasteiger partial charge >= 0.3 is 17.9 Å². The number of hydrogen-bond acceptors (Lipinski definition) is 6. The standard InChI is InChI=1S/C74H116O6/c1-4-7-10-13-16-19-22-25-27-29-31-32-33-34-35-36-37-38-39-40-41-42-43-45-46-49-52-55-58-61-64-67-73(76)79-70-71(69-78-72(75)66-63-60-57-54-51-48-24-21-18-15-12-9-6-3)80-74(77)68-65-62-59-56-53-50-47-44-30-28-26-23-20-17-14-11-8-5-2/h7,9-10,12,16,18-21,23,25,27-28,30-32,34-35,37-38,40-41,43,45,48,51,57,60,71H,4-6,8,11,13-15,17,22,24,26,29,33,36,39,42,44,46-47,49-50,52-56,58-59,61-70H2,1-3H3/b10-7-,12-9-,19-16-,21-18-,23-20-,27-25-,30-28-,32-31-,35-34-,38-37-,41-40-,45-43-,51-48-,60-57-. The molecular formula is C74H116O6. The van der Waals surface area contributed by atoms with Gasteiger partial charge in [-0.2, -0.15) is 0 Å². The second-order valence-electron chi connectivity index (χ2n) is 20.5. The van der Waals surface area contributed by atoms with Crippen molar-refractivity contribution in [2.24, 2.45) is 0 Å².